The summed E-state index contributed by atoms with van der Waals surface area (Å²) in [5, 5.41) is 11.3. The zero-order chi connectivity index (χ0) is 25.7. The summed E-state index contributed by atoms with van der Waals surface area (Å²) >= 11 is 0. The molecule has 7 atom stereocenters. The van der Waals surface area contributed by atoms with E-state index in [9.17, 15) is 19.5 Å². The van der Waals surface area contributed by atoms with Gasteiger partial charge in [0.1, 0.15) is 30.5 Å². The summed E-state index contributed by atoms with van der Waals surface area (Å²) in [6, 6.07) is 0. The van der Waals surface area contributed by atoms with Crippen molar-refractivity contribution in [3.05, 3.63) is 47.6 Å². The van der Waals surface area contributed by atoms with Crippen LogP contribution in [0.5, 0.6) is 0 Å². The Balaban J connectivity index is 1.57. The monoisotopic (exact) mass is 500 g/mol. The predicted molar refractivity (Wildman–Crippen MR) is 125 cm³/mol. The molecule has 1 saturated carbocycles. The third kappa shape index (κ3) is 3.76. The van der Waals surface area contributed by atoms with Crippen LogP contribution in [0.15, 0.2) is 47.6 Å². The van der Waals surface area contributed by atoms with Crippen LogP contribution < -0.4 is 0 Å². The van der Waals surface area contributed by atoms with Gasteiger partial charge in [0.15, 0.2) is 0 Å². The highest BCUT2D eigenvalue weighted by Gasteiger charge is 2.85. The molecule has 3 aliphatic heterocycles. The number of hydrogen-bond acceptors (Lipinski definition) is 9. The van der Waals surface area contributed by atoms with Gasteiger partial charge >= 0.3 is 17.9 Å². The van der Waals surface area contributed by atoms with Gasteiger partial charge in [0.05, 0.1) is 24.7 Å². The zero-order valence-electron chi connectivity index (χ0n) is 20.7. The average Bonchev–Trinajstić information content (AvgIpc) is 3.61. The van der Waals surface area contributed by atoms with E-state index in [-0.39, 0.29) is 13.2 Å². The summed E-state index contributed by atoms with van der Waals surface area (Å²) in [7, 11) is 0. The van der Waals surface area contributed by atoms with E-state index in [0.29, 0.717) is 25.0 Å². The second kappa shape index (κ2) is 8.97. The second-order valence-corrected chi connectivity index (χ2v) is 10.6. The normalized spacial score (nSPS) is 46.1. The van der Waals surface area contributed by atoms with Crippen LogP contribution in [0.25, 0.3) is 0 Å². The molecule has 0 aromatic carbocycles. The van der Waals surface area contributed by atoms with Gasteiger partial charge in [0, 0.05) is 30.1 Å². The SMILES string of the molecule is CC1=C[C@H]2O[C@@H]3[C@H](O)[C@H]4OC(=O)/C=C\C=C/C(=O)OCC/C(C)=C\C(=O)OC[C@@]2(CC1)[C@]4(C)[C@]31CO1. The van der Waals surface area contributed by atoms with Crippen molar-refractivity contribution in [1.29, 1.82) is 0 Å². The molecular formula is C27H32O9. The average molecular weight is 501 g/mol. The third-order valence-electron chi connectivity index (χ3n) is 8.65. The molecule has 9 nitrogen and oxygen atoms in total. The maximum Gasteiger partial charge on any atom is 0.331 e. The lowest BCUT2D eigenvalue weighted by atomic mass is 9.51. The van der Waals surface area contributed by atoms with Gasteiger partial charge in [-0.1, -0.05) is 36.3 Å². The van der Waals surface area contributed by atoms with Crippen molar-refractivity contribution < 1.29 is 43.2 Å². The van der Waals surface area contributed by atoms with Gasteiger partial charge in [0.2, 0.25) is 0 Å². The fraction of sp³-hybridized carbons (Fsp3) is 0.593. The molecule has 0 radical (unpaired) electrons. The first-order valence-electron chi connectivity index (χ1n) is 12.3. The van der Waals surface area contributed by atoms with Crippen LogP contribution in [0, 0.1) is 10.8 Å². The molecule has 0 amide bonds. The lowest BCUT2D eigenvalue weighted by Crippen LogP contribution is -2.66. The number of aliphatic hydroxyl groups excluding tert-OH is 1. The molecule has 3 heterocycles. The Morgan fingerprint density at radius 3 is 2.36 bits per heavy atom. The van der Waals surface area contributed by atoms with E-state index in [2.05, 4.69) is 0 Å². The standard InChI is InChI=1S/C27H32O9/c1-16-8-10-26-14-33-21(30)13-17(2)9-11-32-19(28)6-4-5-7-20(29)36-23-22(31)24(35-18(26)12-16)27(15-34-27)25(23,26)3/h4-7,12-13,18,22-24,31H,8-11,14-15H2,1-3H3/b6-4-,7-5-,17-13-/t18-,22-,23-,24-,25-,26-,27+/m1/s1. The maximum atomic E-state index is 12.8. The van der Waals surface area contributed by atoms with Crippen molar-refractivity contribution in [3.8, 4) is 0 Å². The Hall–Kier alpha value is -2.75. The predicted octanol–water partition coefficient (Wildman–Crippen LogP) is 2.09. The van der Waals surface area contributed by atoms with Crippen LogP contribution in [0.3, 0.4) is 0 Å². The van der Waals surface area contributed by atoms with Crippen molar-refractivity contribution in [2.45, 2.75) is 70.1 Å². The van der Waals surface area contributed by atoms with Crippen molar-refractivity contribution in [1.82, 2.24) is 0 Å². The number of carbonyl (C=O) groups is 3. The Morgan fingerprint density at radius 2 is 1.64 bits per heavy atom. The van der Waals surface area contributed by atoms with E-state index in [1.54, 1.807) is 6.92 Å². The van der Waals surface area contributed by atoms with Crippen LogP contribution >= 0.6 is 0 Å². The molecule has 5 aliphatic rings. The molecule has 0 aromatic heterocycles. The first kappa shape index (κ1) is 24.9. The topological polar surface area (TPSA) is 121 Å². The van der Waals surface area contributed by atoms with Crippen LogP contribution in [-0.4, -0.2) is 72.9 Å². The maximum absolute atomic E-state index is 12.8. The van der Waals surface area contributed by atoms with Gasteiger partial charge in [-0.2, -0.15) is 0 Å². The molecule has 3 fully saturated rings. The van der Waals surface area contributed by atoms with E-state index in [1.807, 2.05) is 19.9 Å². The number of aliphatic hydroxyl groups is 1. The highest BCUT2D eigenvalue weighted by Crippen LogP contribution is 2.72. The molecule has 2 bridgehead atoms. The van der Waals surface area contributed by atoms with Crippen LogP contribution in [-0.2, 0) is 38.1 Å². The number of allylic oxidation sites excluding steroid dienone is 3. The fourth-order valence-corrected chi connectivity index (χ4v) is 6.50. The number of ether oxygens (including phenoxy) is 5. The summed E-state index contributed by atoms with van der Waals surface area (Å²) in [6.07, 6.45) is 7.09. The smallest absolute Gasteiger partial charge is 0.331 e. The molecule has 2 saturated heterocycles. The van der Waals surface area contributed by atoms with Gasteiger partial charge < -0.3 is 28.8 Å². The van der Waals surface area contributed by atoms with Crippen molar-refractivity contribution in [2.24, 2.45) is 10.8 Å². The Kier molecular flexibility index (Phi) is 6.21. The minimum Gasteiger partial charge on any atom is -0.462 e. The van der Waals surface area contributed by atoms with Gasteiger partial charge in [-0.25, -0.2) is 14.4 Å². The number of hydrogen-bond donors (Lipinski definition) is 1. The van der Waals surface area contributed by atoms with E-state index in [0.717, 1.165) is 12.0 Å². The second-order valence-electron chi connectivity index (χ2n) is 10.6. The van der Waals surface area contributed by atoms with Crippen LogP contribution in [0.4, 0.5) is 0 Å². The molecule has 194 valence electrons. The zero-order valence-corrected chi connectivity index (χ0v) is 20.7. The summed E-state index contributed by atoms with van der Waals surface area (Å²) in [4.78, 5) is 37.4. The Bertz CT molecular complexity index is 1080. The minimum absolute atomic E-state index is 0.00667. The number of rotatable bonds is 0. The number of esters is 3. The van der Waals surface area contributed by atoms with Gasteiger partial charge in [-0.15, -0.1) is 0 Å². The molecule has 5 rings (SSSR count). The number of cyclic esters (lactones) is 2. The number of carbonyl (C=O) groups excluding carboxylic acids is 3. The summed E-state index contributed by atoms with van der Waals surface area (Å²) in [6.45, 7) is 6.21. The molecule has 9 heteroatoms. The van der Waals surface area contributed by atoms with E-state index < -0.39 is 58.8 Å². The minimum atomic E-state index is -1.13. The van der Waals surface area contributed by atoms with Gasteiger partial charge in [-0.3, -0.25) is 0 Å². The Morgan fingerprint density at radius 1 is 0.917 bits per heavy atom. The first-order valence-corrected chi connectivity index (χ1v) is 12.3. The molecule has 36 heavy (non-hydrogen) atoms. The van der Waals surface area contributed by atoms with Gasteiger partial charge in [-0.05, 0) is 26.7 Å². The Labute approximate surface area is 209 Å². The van der Waals surface area contributed by atoms with E-state index in [4.69, 9.17) is 23.7 Å². The van der Waals surface area contributed by atoms with Crippen molar-refractivity contribution in [2.75, 3.05) is 19.8 Å². The fourth-order valence-electron chi connectivity index (χ4n) is 6.50. The molecule has 0 aromatic rings. The third-order valence-corrected chi connectivity index (χ3v) is 8.65. The first-order chi connectivity index (χ1) is 17.1. The van der Waals surface area contributed by atoms with Crippen molar-refractivity contribution >= 4 is 17.9 Å². The largest absolute Gasteiger partial charge is 0.462 e. The molecular weight excluding hydrogens is 468 g/mol. The summed E-state index contributed by atoms with van der Waals surface area (Å²) in [5.74, 6) is -1.77. The molecule has 2 aliphatic carbocycles. The summed E-state index contributed by atoms with van der Waals surface area (Å²) < 4.78 is 29.3. The lowest BCUT2D eigenvalue weighted by molar-refractivity contribution is -0.232. The number of epoxide rings is 1. The highest BCUT2D eigenvalue weighted by atomic mass is 16.7. The van der Waals surface area contributed by atoms with E-state index >= 15 is 0 Å². The van der Waals surface area contributed by atoms with Crippen LogP contribution in [0.2, 0.25) is 0 Å². The van der Waals surface area contributed by atoms with Crippen molar-refractivity contribution in [3.63, 3.8) is 0 Å². The summed E-state index contributed by atoms with van der Waals surface area (Å²) in [5.41, 5.74) is -0.668. The molecule has 1 N–H and O–H groups in total. The lowest BCUT2D eigenvalue weighted by Gasteiger charge is -2.58. The molecule has 0 unspecified atom stereocenters. The van der Waals surface area contributed by atoms with E-state index in [1.165, 1.54) is 30.4 Å². The van der Waals surface area contributed by atoms with Gasteiger partial charge in [0.25, 0.3) is 0 Å². The quantitative estimate of drug-likeness (QED) is 0.231. The van der Waals surface area contributed by atoms with Crippen LogP contribution in [0.1, 0.15) is 40.0 Å². The highest BCUT2D eigenvalue weighted by molar-refractivity contribution is 5.85. The molecule has 2 spiro atoms.